The monoisotopic (exact) mass is 474 g/mol. The first-order valence-corrected chi connectivity index (χ1v) is 12.9. The van der Waals surface area contributed by atoms with E-state index in [-0.39, 0.29) is 6.42 Å². The number of piperidine rings is 1. The Hall–Kier alpha value is -2.30. The number of hydrogen-bond acceptors (Lipinski definition) is 7. The van der Waals surface area contributed by atoms with Crippen molar-refractivity contribution in [2.24, 2.45) is 0 Å². The van der Waals surface area contributed by atoms with Crippen LogP contribution in [0.4, 0.5) is 5.69 Å². The maximum Gasteiger partial charge on any atom is 0.285 e. The number of carbonyl (C=O) groups excluding carboxylic acids is 1. The molecule has 2 aromatic rings. The SMILES string of the molecule is Cc1cccc(C2(O)CCN(CC(O)c3ccc4c(c3)CCC(=O)N4OS(C)(=O)=O)CC2)c1. The topological polar surface area (TPSA) is 107 Å². The molecule has 1 saturated heterocycles. The number of β-amino-alcohol motifs (C(OH)–C–C–N with tert-alkyl or cyclic N) is 1. The molecule has 0 radical (unpaired) electrons. The van der Waals surface area contributed by atoms with E-state index in [0.29, 0.717) is 50.1 Å². The molecule has 33 heavy (non-hydrogen) atoms. The fourth-order valence-electron chi connectivity index (χ4n) is 4.58. The van der Waals surface area contributed by atoms with E-state index >= 15 is 0 Å². The van der Waals surface area contributed by atoms with Gasteiger partial charge in [0.15, 0.2) is 0 Å². The largest absolute Gasteiger partial charge is 0.387 e. The number of amides is 1. The van der Waals surface area contributed by atoms with E-state index in [0.717, 1.165) is 28.0 Å². The molecule has 0 spiro atoms. The van der Waals surface area contributed by atoms with E-state index < -0.39 is 27.7 Å². The third-order valence-electron chi connectivity index (χ3n) is 6.42. The van der Waals surface area contributed by atoms with Gasteiger partial charge < -0.3 is 15.1 Å². The zero-order valence-electron chi connectivity index (χ0n) is 18.9. The Balaban J connectivity index is 1.42. The molecule has 8 nitrogen and oxygen atoms in total. The van der Waals surface area contributed by atoms with Gasteiger partial charge in [0.25, 0.3) is 16.0 Å². The van der Waals surface area contributed by atoms with Crippen LogP contribution < -0.4 is 5.06 Å². The lowest BCUT2D eigenvalue weighted by Gasteiger charge is -2.39. The smallest absolute Gasteiger partial charge is 0.285 e. The van der Waals surface area contributed by atoms with Crippen molar-refractivity contribution in [1.82, 2.24) is 4.90 Å². The van der Waals surface area contributed by atoms with E-state index in [1.54, 1.807) is 18.2 Å². The van der Waals surface area contributed by atoms with Crippen LogP contribution in [-0.2, 0) is 31.2 Å². The van der Waals surface area contributed by atoms with Crippen LogP contribution in [0.2, 0.25) is 0 Å². The average molecular weight is 475 g/mol. The Bertz CT molecular complexity index is 1140. The van der Waals surface area contributed by atoms with E-state index in [1.165, 1.54) is 0 Å². The predicted octanol–water partition coefficient (Wildman–Crippen LogP) is 2.18. The molecule has 2 N–H and O–H groups in total. The minimum atomic E-state index is -3.85. The quantitative estimate of drug-likeness (QED) is 0.661. The standard InChI is InChI=1S/C24H30N2O6S/c1-17-4-3-5-20(14-17)24(29)10-12-25(13-11-24)16-22(27)19-6-8-21-18(15-19)7-9-23(28)26(21)32-33(2,30)31/h3-6,8,14-15,22,27,29H,7,9-13,16H2,1-2H3. The molecule has 4 rings (SSSR count). The summed E-state index contributed by atoms with van der Waals surface area (Å²) >= 11 is 0. The first kappa shape index (κ1) is 23.8. The van der Waals surface area contributed by atoms with Crippen LogP contribution >= 0.6 is 0 Å². The van der Waals surface area contributed by atoms with Gasteiger partial charge in [-0.1, -0.05) is 42.0 Å². The first-order valence-electron chi connectivity index (χ1n) is 11.1. The molecular formula is C24H30N2O6S. The van der Waals surface area contributed by atoms with Gasteiger partial charge in [-0.3, -0.25) is 4.79 Å². The zero-order chi connectivity index (χ0) is 23.8. The van der Waals surface area contributed by atoms with Gasteiger partial charge in [-0.05, 0) is 48.9 Å². The molecule has 1 amide bonds. The number of aryl methyl sites for hydroxylation is 2. The van der Waals surface area contributed by atoms with Crippen molar-refractivity contribution in [3.05, 3.63) is 64.7 Å². The molecule has 0 saturated carbocycles. The number of hydrogen-bond donors (Lipinski definition) is 2. The van der Waals surface area contributed by atoms with Crippen molar-refractivity contribution in [3.8, 4) is 0 Å². The number of aliphatic hydroxyl groups excluding tert-OH is 1. The average Bonchev–Trinajstić information content (AvgIpc) is 2.76. The lowest BCUT2D eigenvalue weighted by Crippen LogP contribution is -2.44. The van der Waals surface area contributed by atoms with E-state index in [2.05, 4.69) is 4.90 Å². The van der Waals surface area contributed by atoms with Crippen LogP contribution in [0.5, 0.6) is 0 Å². The van der Waals surface area contributed by atoms with Crippen LogP contribution in [0.3, 0.4) is 0 Å². The molecule has 0 aromatic heterocycles. The van der Waals surface area contributed by atoms with Crippen LogP contribution in [-0.4, -0.2) is 55.3 Å². The molecule has 0 bridgehead atoms. The molecule has 178 valence electrons. The second kappa shape index (κ2) is 9.15. The van der Waals surface area contributed by atoms with Gasteiger partial charge >= 0.3 is 0 Å². The molecule has 1 atom stereocenters. The van der Waals surface area contributed by atoms with Gasteiger partial charge in [0.05, 0.1) is 23.6 Å². The maximum absolute atomic E-state index is 12.1. The fraction of sp³-hybridized carbons (Fsp3) is 0.458. The summed E-state index contributed by atoms with van der Waals surface area (Å²) in [6.07, 6.45) is 1.91. The highest BCUT2D eigenvalue weighted by Crippen LogP contribution is 2.35. The van der Waals surface area contributed by atoms with Crippen molar-refractivity contribution in [2.75, 3.05) is 31.0 Å². The molecule has 2 aliphatic heterocycles. The molecule has 9 heteroatoms. The molecule has 2 heterocycles. The summed E-state index contributed by atoms with van der Waals surface area (Å²) in [4.78, 5) is 14.3. The number of hydroxylamine groups is 1. The van der Waals surface area contributed by atoms with Crippen molar-refractivity contribution < 1.29 is 27.7 Å². The number of anilines is 1. The Kier molecular flexibility index (Phi) is 6.61. The second-order valence-electron chi connectivity index (χ2n) is 9.07. The summed E-state index contributed by atoms with van der Waals surface area (Å²) in [7, 11) is -3.85. The Morgan fingerprint density at radius 2 is 1.85 bits per heavy atom. The van der Waals surface area contributed by atoms with Crippen LogP contribution in [0.15, 0.2) is 42.5 Å². The van der Waals surface area contributed by atoms with E-state index in [4.69, 9.17) is 4.28 Å². The number of carbonyl (C=O) groups is 1. The van der Waals surface area contributed by atoms with Gasteiger partial charge in [-0.25, -0.2) is 0 Å². The van der Waals surface area contributed by atoms with E-state index in [9.17, 15) is 23.4 Å². The number of benzene rings is 2. The highest BCUT2D eigenvalue weighted by Gasteiger charge is 2.35. The normalized spacial score (nSPS) is 19.9. The number of aliphatic hydroxyl groups is 2. The summed E-state index contributed by atoms with van der Waals surface area (Å²) in [6, 6.07) is 13.1. The summed E-state index contributed by atoms with van der Waals surface area (Å²) in [5.41, 5.74) is 3.04. The number of rotatable bonds is 6. The van der Waals surface area contributed by atoms with E-state index in [1.807, 2.05) is 31.2 Å². The predicted molar refractivity (Wildman–Crippen MR) is 124 cm³/mol. The Labute approximate surface area is 194 Å². The Morgan fingerprint density at radius 1 is 1.12 bits per heavy atom. The minimum absolute atomic E-state index is 0.131. The molecule has 1 fully saturated rings. The highest BCUT2D eigenvalue weighted by atomic mass is 32.2. The summed E-state index contributed by atoms with van der Waals surface area (Å²) in [6.45, 7) is 3.76. The van der Waals surface area contributed by atoms with Crippen LogP contribution in [0.1, 0.15) is 47.6 Å². The first-order chi connectivity index (χ1) is 15.5. The number of fused-ring (bicyclic) bond motifs is 1. The van der Waals surface area contributed by atoms with Gasteiger partial charge in [-0.2, -0.15) is 13.5 Å². The maximum atomic E-state index is 12.1. The third kappa shape index (κ3) is 5.44. The van der Waals surface area contributed by atoms with Crippen LogP contribution in [0.25, 0.3) is 0 Å². The van der Waals surface area contributed by atoms with Crippen LogP contribution in [0, 0.1) is 6.92 Å². The minimum Gasteiger partial charge on any atom is -0.387 e. The molecule has 0 aliphatic carbocycles. The lowest BCUT2D eigenvalue weighted by molar-refractivity contribution is -0.123. The zero-order valence-corrected chi connectivity index (χ0v) is 19.7. The fourth-order valence-corrected chi connectivity index (χ4v) is 5.02. The molecule has 2 aromatic carbocycles. The van der Waals surface area contributed by atoms with Crippen molar-refractivity contribution in [2.45, 2.75) is 44.3 Å². The van der Waals surface area contributed by atoms with Gasteiger partial charge in [0, 0.05) is 26.1 Å². The second-order valence-corrected chi connectivity index (χ2v) is 10.6. The summed E-state index contributed by atoms with van der Waals surface area (Å²) in [5, 5.41) is 22.8. The summed E-state index contributed by atoms with van der Waals surface area (Å²) < 4.78 is 27.9. The molecular weight excluding hydrogens is 444 g/mol. The lowest BCUT2D eigenvalue weighted by atomic mass is 9.83. The van der Waals surface area contributed by atoms with Crippen molar-refractivity contribution in [1.29, 1.82) is 0 Å². The Morgan fingerprint density at radius 3 is 2.52 bits per heavy atom. The number of nitrogens with zero attached hydrogens (tertiary/aromatic N) is 2. The number of likely N-dealkylation sites (tertiary alicyclic amines) is 1. The third-order valence-corrected chi connectivity index (χ3v) is 6.84. The highest BCUT2D eigenvalue weighted by molar-refractivity contribution is 7.86. The van der Waals surface area contributed by atoms with Crippen molar-refractivity contribution >= 4 is 21.7 Å². The van der Waals surface area contributed by atoms with Gasteiger partial charge in [0.1, 0.15) is 0 Å². The summed E-state index contributed by atoms with van der Waals surface area (Å²) in [5.74, 6) is -0.421. The molecule has 1 unspecified atom stereocenters. The van der Waals surface area contributed by atoms with Gasteiger partial charge in [0.2, 0.25) is 0 Å². The van der Waals surface area contributed by atoms with Gasteiger partial charge in [-0.15, -0.1) is 4.28 Å². The van der Waals surface area contributed by atoms with Crippen molar-refractivity contribution in [3.63, 3.8) is 0 Å². The molecule has 2 aliphatic rings.